The van der Waals surface area contributed by atoms with Crippen LogP contribution in [0.15, 0.2) is 158 Å². The molecule has 0 saturated carbocycles. The average Bonchev–Trinajstić information content (AvgIpc) is 1.65. The molecule has 0 radical (unpaired) electrons. The van der Waals surface area contributed by atoms with Crippen LogP contribution in [-0.2, 0) is 97.6 Å². The number of carbonyl (C=O) groups is 15. The second kappa shape index (κ2) is 48.0. The molecule has 15 amide bonds. The molecule has 8 aromatic rings. The molecule has 8 rings (SSSR count). The molecule has 9 atom stereocenters. The van der Waals surface area contributed by atoms with Gasteiger partial charge in [0, 0.05) is 92.7 Å². The number of nitrogens with zero attached hydrogens (tertiary/aromatic N) is 2. The van der Waals surface area contributed by atoms with Crippen LogP contribution in [0, 0.1) is 0 Å². The molecule has 0 spiro atoms. The molecule has 122 heavy (non-hydrogen) atoms. The van der Waals surface area contributed by atoms with Gasteiger partial charge in [-0.1, -0.05) is 97.1 Å². The number of benzene rings is 4. The zero-order valence-corrected chi connectivity index (χ0v) is 68.2. The van der Waals surface area contributed by atoms with Crippen molar-refractivity contribution in [1.82, 2.24) is 104 Å². The van der Waals surface area contributed by atoms with Gasteiger partial charge in [-0.3, -0.25) is 71.9 Å². The number of fused-ring (bicyclic) bond motifs is 2. The number of carbonyl (C=O) groups excluding carboxylic acids is 15. The van der Waals surface area contributed by atoms with Gasteiger partial charge in [0.05, 0.1) is 37.1 Å². The lowest BCUT2D eigenvalue weighted by molar-refractivity contribution is -0.133. The molecule has 0 aliphatic rings. The fraction of sp³-hybridized carbons (Fsp3) is 0.369. The highest BCUT2D eigenvalue weighted by Crippen LogP contribution is 2.23. The number of hydrogen-bond donors (Lipinski definition) is 21. The van der Waals surface area contributed by atoms with Crippen LogP contribution in [0.5, 0.6) is 0 Å². The van der Waals surface area contributed by atoms with Gasteiger partial charge in [-0.15, -0.1) is 0 Å². The molecule has 24 N–H and O–H groups in total. The number of rotatable bonds is 49. The number of unbranched alkanes of at least 4 members (excludes halogenated alkanes) is 3. The first-order chi connectivity index (χ1) is 58.6. The summed E-state index contributed by atoms with van der Waals surface area (Å²) in [6.45, 7) is 4.80. The lowest BCUT2D eigenvalue weighted by Crippen LogP contribution is -2.57. The number of H-pyrrole nitrogens is 4. The Kier molecular flexibility index (Phi) is 36.7. The topological polar surface area (TPSA) is 591 Å². The van der Waals surface area contributed by atoms with Crippen molar-refractivity contribution in [3.63, 3.8) is 0 Å². The summed E-state index contributed by atoms with van der Waals surface area (Å²) in [5.41, 5.74) is 21.1. The zero-order chi connectivity index (χ0) is 88.0. The summed E-state index contributed by atoms with van der Waals surface area (Å²) in [6, 6.07) is 19.3. The largest absolute Gasteiger partial charge is 0.368 e. The van der Waals surface area contributed by atoms with E-state index in [-0.39, 0.29) is 88.8 Å². The quantitative estimate of drug-likeness (QED) is 0.0167. The number of amides is 15. The van der Waals surface area contributed by atoms with Crippen LogP contribution in [-0.4, -0.2) is 206 Å². The van der Waals surface area contributed by atoms with E-state index < -0.39 is 156 Å². The number of para-hydroxylation sites is 2. The molecule has 648 valence electrons. The summed E-state index contributed by atoms with van der Waals surface area (Å²) in [7, 11) is 0. The van der Waals surface area contributed by atoms with Crippen LogP contribution in [0.25, 0.3) is 34.0 Å². The lowest BCUT2D eigenvalue weighted by atomic mass is 10.0. The summed E-state index contributed by atoms with van der Waals surface area (Å²) in [6.07, 6.45) is 13.3. The summed E-state index contributed by atoms with van der Waals surface area (Å²) in [5, 5.41) is 38.3. The van der Waals surface area contributed by atoms with Gasteiger partial charge >= 0.3 is 0 Å². The second-order valence-electron chi connectivity index (χ2n) is 29.1. The summed E-state index contributed by atoms with van der Waals surface area (Å²) in [5.74, 6) is -11.7. The van der Waals surface area contributed by atoms with Crippen LogP contribution in [0.4, 0.5) is 0 Å². The Morgan fingerprint density at radius 2 is 0.762 bits per heavy atom. The molecule has 0 unspecified atom stereocenters. The van der Waals surface area contributed by atoms with E-state index in [1.165, 1.54) is 64.9 Å². The first-order valence-electron chi connectivity index (χ1n) is 40.0. The van der Waals surface area contributed by atoms with Crippen molar-refractivity contribution < 1.29 is 71.9 Å². The Hall–Kier alpha value is -14.2. The van der Waals surface area contributed by atoms with Gasteiger partial charge in [0.2, 0.25) is 76.8 Å². The second-order valence-corrected chi connectivity index (χ2v) is 29.1. The number of hydrogen-bond acceptors (Lipinski definition) is 19. The van der Waals surface area contributed by atoms with Gasteiger partial charge in [0.25, 0.3) is 11.8 Å². The van der Waals surface area contributed by atoms with Crippen molar-refractivity contribution in [2.24, 2.45) is 17.2 Å². The third-order valence-corrected chi connectivity index (χ3v) is 19.4. The van der Waals surface area contributed by atoms with E-state index in [1.807, 2.05) is 24.3 Å². The maximum absolute atomic E-state index is 14.9. The molecule has 0 aliphatic heterocycles. The molecule has 38 nitrogen and oxygen atoms in total. The number of nitrogens with one attached hydrogen (secondary N) is 18. The Bertz CT molecular complexity index is 4970. The highest BCUT2D eigenvalue weighted by molar-refractivity contribution is 6.07. The molecule has 0 aliphatic carbocycles. The third-order valence-electron chi connectivity index (χ3n) is 19.4. The molecule has 4 aromatic carbocycles. The van der Waals surface area contributed by atoms with Crippen LogP contribution in [0.2, 0.25) is 0 Å². The number of aromatic nitrogens is 6. The number of aromatic amines is 4. The fourth-order valence-corrected chi connectivity index (χ4v) is 12.9. The predicted octanol–water partition coefficient (Wildman–Crippen LogP) is -0.614. The normalized spacial score (nSPS) is 13.6. The van der Waals surface area contributed by atoms with Gasteiger partial charge in [0.1, 0.15) is 65.8 Å². The van der Waals surface area contributed by atoms with Crippen molar-refractivity contribution in [2.75, 3.05) is 32.7 Å². The van der Waals surface area contributed by atoms with Crippen LogP contribution < -0.4 is 91.6 Å². The van der Waals surface area contributed by atoms with Gasteiger partial charge in [-0.05, 0) is 131 Å². The molecule has 0 saturated heterocycles. The summed E-state index contributed by atoms with van der Waals surface area (Å²) >= 11 is 0. The van der Waals surface area contributed by atoms with Crippen molar-refractivity contribution >= 4 is 123 Å². The van der Waals surface area contributed by atoms with Gasteiger partial charge in [-0.25, -0.2) is 9.97 Å². The fourth-order valence-electron chi connectivity index (χ4n) is 12.9. The van der Waals surface area contributed by atoms with Crippen molar-refractivity contribution in [3.8, 4) is 0 Å². The molecular weight excluding hydrogens is 1570 g/mol. The molecular formula is C84H107N23O15. The standard InChI is InChI=1S/C84H107N23O15/c1-49(97-79(117)68(37-55-41-93-61-27-13-11-25-59(55)61)106-81(119)66(35-53-21-7-5-8-22-53)104-77(115)64(30-15-18-32-85)102-83(121)70(39-57-43-88-47-95-57)99-72(110)45-91-51(3)108)75(113)90-34-20-17-29-63(74(87)112)101-76(114)50(2)98-80(118)69(38-56-42-94-62-28-14-12-26-60(56)62)107-82(120)67(36-54-23-9-6-10-24-54)105-78(116)65(31-16-19-33-86)103-84(122)71(40-58-44-89-48-96-58)100-73(111)46-92-52(4)109/h5-14,21-28,35-36,41-44,47-50,63-65,68-71,93-94H,15-20,29-34,37-40,45-46,85-86H2,1-4H3,(H2,87,112)(H,88,95)(H,89,96)(H,90,113)(H,91,108)(H,92,109)(H,97,117)(H,98,118)(H,99,110)(H,100,111)(H,101,114)(H,102,121)(H,103,122)(H,104,115)(H,105,116)(H,106,119)(H,107,120)/b66-35+,67-36+/t49-,50-,63-,64-,65-,68-,69-,70-,71-/m0/s1. The van der Waals surface area contributed by atoms with Gasteiger partial charge in [-0.2, -0.15) is 0 Å². The Labute approximate surface area is 702 Å². The van der Waals surface area contributed by atoms with E-state index in [0.717, 1.165) is 10.9 Å². The molecule has 38 heteroatoms. The van der Waals surface area contributed by atoms with E-state index in [4.69, 9.17) is 17.2 Å². The summed E-state index contributed by atoms with van der Waals surface area (Å²) < 4.78 is 0. The monoisotopic (exact) mass is 1680 g/mol. The van der Waals surface area contributed by atoms with Crippen molar-refractivity contribution in [3.05, 3.63) is 192 Å². The molecule has 0 bridgehead atoms. The van der Waals surface area contributed by atoms with Crippen molar-refractivity contribution in [1.29, 1.82) is 0 Å². The first kappa shape index (κ1) is 93.3. The first-order valence-corrected chi connectivity index (χ1v) is 40.0. The molecule has 4 heterocycles. The summed E-state index contributed by atoms with van der Waals surface area (Å²) in [4.78, 5) is 227. The number of imidazole rings is 2. The third kappa shape index (κ3) is 30.3. The lowest BCUT2D eigenvalue weighted by Gasteiger charge is -2.25. The average molecular weight is 1680 g/mol. The van der Waals surface area contributed by atoms with Gasteiger partial charge < -0.3 is 112 Å². The van der Waals surface area contributed by atoms with E-state index in [1.54, 1.807) is 97.3 Å². The Balaban J connectivity index is 0.912. The minimum atomic E-state index is -1.47. The van der Waals surface area contributed by atoms with Crippen LogP contribution in [0.1, 0.15) is 119 Å². The van der Waals surface area contributed by atoms with Crippen LogP contribution >= 0.6 is 0 Å². The maximum Gasteiger partial charge on any atom is 0.268 e. The maximum atomic E-state index is 14.9. The minimum absolute atomic E-state index is 0.00156. The Morgan fingerprint density at radius 1 is 0.385 bits per heavy atom. The van der Waals surface area contributed by atoms with Gasteiger partial charge in [0.15, 0.2) is 0 Å². The number of primary amides is 1. The van der Waals surface area contributed by atoms with Crippen LogP contribution in [0.3, 0.4) is 0 Å². The van der Waals surface area contributed by atoms with E-state index >= 15 is 0 Å². The Morgan fingerprint density at radius 3 is 1.16 bits per heavy atom. The van der Waals surface area contributed by atoms with Crippen molar-refractivity contribution in [2.45, 2.75) is 166 Å². The highest BCUT2D eigenvalue weighted by atomic mass is 16.2. The van der Waals surface area contributed by atoms with E-state index in [9.17, 15) is 71.9 Å². The zero-order valence-electron chi connectivity index (χ0n) is 68.2. The SMILES string of the molecule is CC(=O)NCC(=O)N[C@@H](Cc1c[nH]cn1)C(=O)N[C@@H](CCCCN)C(=O)N/C(=C/c1ccccc1)C(=O)N[C@@H](Cc1c[nH]c2ccccc12)C(=O)N[C@@H](C)C(=O)NCCCC[C@H](NC(=O)[C@H](C)NC(=O)[C@H](Cc1c[nH]c2ccccc12)NC(=O)/C(=C\c1ccccc1)NC(=O)[C@H](CCCCN)NC(=O)[C@H](Cc1c[nH]cn1)NC(=O)CNC(C)=O)C(N)=O. The smallest absolute Gasteiger partial charge is 0.268 e. The van der Waals surface area contributed by atoms with E-state index in [2.05, 4.69) is 104 Å². The molecule has 0 fully saturated rings. The molecule has 4 aromatic heterocycles. The van der Waals surface area contributed by atoms with E-state index in [0.29, 0.717) is 70.2 Å². The minimum Gasteiger partial charge on any atom is -0.368 e. The highest BCUT2D eigenvalue weighted by Gasteiger charge is 2.35. The number of nitrogens with two attached hydrogens (primary N) is 3. The predicted molar refractivity (Wildman–Crippen MR) is 452 cm³/mol.